The lowest BCUT2D eigenvalue weighted by Gasteiger charge is -2.37. The quantitative estimate of drug-likeness (QED) is 0.745. The van der Waals surface area contributed by atoms with Crippen molar-refractivity contribution in [3.05, 3.63) is 35.6 Å². The molecule has 1 aromatic carbocycles. The second kappa shape index (κ2) is 5.51. The molecule has 3 rings (SSSR count). The third kappa shape index (κ3) is 2.96. The van der Waals surface area contributed by atoms with E-state index in [1.54, 1.807) is 39.8 Å². The number of aliphatic hydroxyl groups is 1. The fourth-order valence-corrected chi connectivity index (χ4v) is 2.42. The van der Waals surface area contributed by atoms with Crippen molar-refractivity contribution in [3.8, 4) is 0 Å². The van der Waals surface area contributed by atoms with E-state index in [2.05, 4.69) is 4.98 Å². The van der Waals surface area contributed by atoms with E-state index >= 15 is 0 Å². The first-order chi connectivity index (χ1) is 10.7. The van der Waals surface area contributed by atoms with Gasteiger partial charge in [0, 0.05) is 28.1 Å². The summed E-state index contributed by atoms with van der Waals surface area (Å²) in [7, 11) is 1.63. The van der Waals surface area contributed by atoms with Gasteiger partial charge in [-0.25, -0.2) is 0 Å². The van der Waals surface area contributed by atoms with E-state index in [4.69, 9.17) is 20.7 Å². The summed E-state index contributed by atoms with van der Waals surface area (Å²) >= 11 is 6.19. The van der Waals surface area contributed by atoms with Crippen LogP contribution in [0.2, 0.25) is 5.02 Å². The van der Waals surface area contributed by atoms with Gasteiger partial charge >= 0.3 is 7.48 Å². The molecule has 0 amide bonds. The van der Waals surface area contributed by atoms with E-state index in [0.717, 1.165) is 16.2 Å². The molecule has 0 bridgehead atoms. The number of rotatable bonds is 4. The predicted molar refractivity (Wildman–Crippen MR) is 93.4 cm³/mol. The number of benzene rings is 1. The molecule has 0 saturated carbocycles. The number of hydrogen-bond donors (Lipinski definition) is 1. The molecular formula is C17H18BClNO3. The third-order valence-electron chi connectivity index (χ3n) is 4.33. The number of halogens is 1. The lowest BCUT2D eigenvalue weighted by atomic mass is 9.80. The van der Waals surface area contributed by atoms with Crippen LogP contribution in [0.5, 0.6) is 0 Å². The molecule has 0 saturated heterocycles. The topological polar surface area (TPSA) is 55.5 Å². The van der Waals surface area contributed by atoms with Crippen LogP contribution in [-0.4, -0.2) is 28.8 Å². The van der Waals surface area contributed by atoms with Crippen LogP contribution in [0.4, 0.5) is 0 Å². The molecule has 0 aliphatic rings. The van der Waals surface area contributed by atoms with Crippen LogP contribution < -0.4 is 5.46 Å². The van der Waals surface area contributed by atoms with Crippen LogP contribution in [-0.2, 0) is 4.65 Å². The van der Waals surface area contributed by atoms with Gasteiger partial charge in [-0.05, 0) is 45.3 Å². The van der Waals surface area contributed by atoms with Crippen LogP contribution in [0.3, 0.4) is 0 Å². The van der Waals surface area contributed by atoms with Gasteiger partial charge in [0.05, 0.1) is 17.4 Å². The summed E-state index contributed by atoms with van der Waals surface area (Å²) in [5.41, 5.74) is 0.416. The molecule has 4 nitrogen and oxygen atoms in total. The van der Waals surface area contributed by atoms with Crippen molar-refractivity contribution in [2.45, 2.75) is 38.9 Å². The molecule has 0 aliphatic carbocycles. The number of nitrogens with zero attached hydrogens (tertiary/aromatic N) is 1. The molecule has 0 unspecified atom stereocenters. The number of pyridine rings is 1. The Morgan fingerprint density at radius 2 is 1.96 bits per heavy atom. The van der Waals surface area contributed by atoms with Gasteiger partial charge in [-0.3, -0.25) is 4.98 Å². The second-order valence-electron chi connectivity index (χ2n) is 6.65. The van der Waals surface area contributed by atoms with E-state index < -0.39 is 11.2 Å². The Balaban J connectivity index is 2.07. The minimum absolute atomic E-state index is 0.556. The number of furan rings is 1. The van der Waals surface area contributed by atoms with Gasteiger partial charge in [-0.1, -0.05) is 11.6 Å². The molecule has 1 N–H and O–H groups in total. The Morgan fingerprint density at radius 1 is 1.22 bits per heavy atom. The van der Waals surface area contributed by atoms with E-state index in [1.165, 1.54) is 0 Å². The van der Waals surface area contributed by atoms with E-state index in [-0.39, 0.29) is 0 Å². The molecule has 3 aromatic rings. The average Bonchev–Trinajstić information content (AvgIpc) is 2.81. The zero-order valence-corrected chi connectivity index (χ0v) is 14.3. The van der Waals surface area contributed by atoms with Gasteiger partial charge in [0.15, 0.2) is 5.58 Å². The van der Waals surface area contributed by atoms with Gasteiger partial charge in [0.25, 0.3) is 0 Å². The summed E-state index contributed by atoms with van der Waals surface area (Å²) in [5, 5.41) is 12.6. The highest BCUT2D eigenvalue weighted by Crippen LogP contribution is 2.29. The fourth-order valence-electron chi connectivity index (χ4n) is 2.21. The van der Waals surface area contributed by atoms with Crippen LogP contribution in [0, 0.1) is 0 Å². The smallest absolute Gasteiger partial charge is 0.331 e. The first kappa shape index (κ1) is 16.3. The maximum absolute atomic E-state index is 10.2. The van der Waals surface area contributed by atoms with E-state index in [0.29, 0.717) is 16.2 Å². The summed E-state index contributed by atoms with van der Waals surface area (Å²) in [6.07, 6.45) is 3.39. The predicted octanol–water partition coefficient (Wildman–Crippen LogP) is 3.45. The largest absolute Gasteiger partial charge is 0.454 e. The molecule has 2 aromatic heterocycles. The molecule has 0 spiro atoms. The van der Waals surface area contributed by atoms with Crippen molar-refractivity contribution in [2.75, 3.05) is 0 Å². The normalized spacial score (nSPS) is 13.0. The highest BCUT2D eigenvalue weighted by atomic mass is 35.5. The van der Waals surface area contributed by atoms with Crippen LogP contribution in [0.1, 0.15) is 27.7 Å². The highest BCUT2D eigenvalue weighted by Gasteiger charge is 2.36. The standard InChI is InChI=1S/C17H18BClNO3/c1-16(2,21)17(3,4)23-18-12-7-10(19)8-13-15(12)11-5-6-20-9-14(11)22-13/h5-9,21H,1-4H3. The van der Waals surface area contributed by atoms with Gasteiger partial charge in [-0.2, -0.15) is 0 Å². The Morgan fingerprint density at radius 3 is 2.65 bits per heavy atom. The summed E-state index contributed by atoms with van der Waals surface area (Å²) in [6.45, 7) is 7.10. The summed E-state index contributed by atoms with van der Waals surface area (Å²) in [4.78, 5) is 4.08. The van der Waals surface area contributed by atoms with Gasteiger partial charge in [-0.15, -0.1) is 0 Å². The van der Waals surface area contributed by atoms with Crippen molar-refractivity contribution in [2.24, 2.45) is 0 Å². The number of hydrogen-bond acceptors (Lipinski definition) is 4. The zero-order valence-electron chi connectivity index (χ0n) is 13.6. The minimum atomic E-state index is -0.996. The number of fused-ring (bicyclic) bond motifs is 3. The third-order valence-corrected chi connectivity index (χ3v) is 4.54. The van der Waals surface area contributed by atoms with Crippen molar-refractivity contribution >= 4 is 46.5 Å². The molecule has 6 heteroatoms. The van der Waals surface area contributed by atoms with E-state index in [9.17, 15) is 5.11 Å². The van der Waals surface area contributed by atoms with Gasteiger partial charge < -0.3 is 14.2 Å². The Kier molecular flexibility index (Phi) is 3.91. The molecule has 0 fully saturated rings. The van der Waals surface area contributed by atoms with E-state index in [1.807, 2.05) is 26.0 Å². The monoisotopic (exact) mass is 330 g/mol. The lowest BCUT2D eigenvalue weighted by Crippen LogP contribution is -2.49. The van der Waals surface area contributed by atoms with Gasteiger partial charge in [0.2, 0.25) is 0 Å². The molecule has 2 heterocycles. The molecule has 0 atom stereocenters. The second-order valence-corrected chi connectivity index (χ2v) is 7.08. The highest BCUT2D eigenvalue weighted by molar-refractivity contribution is 6.53. The van der Waals surface area contributed by atoms with Crippen molar-refractivity contribution in [1.82, 2.24) is 4.98 Å². The van der Waals surface area contributed by atoms with Crippen LogP contribution in [0.15, 0.2) is 35.0 Å². The Labute approximate surface area is 140 Å². The maximum atomic E-state index is 10.2. The molecule has 0 aliphatic heterocycles. The summed E-state index contributed by atoms with van der Waals surface area (Å²) in [6, 6.07) is 5.49. The SMILES string of the molecule is CC(C)(O)C(C)(C)O[B]c1cc(Cl)cc2oc3cnccc3c12. The summed E-state index contributed by atoms with van der Waals surface area (Å²) < 4.78 is 11.7. The Hall–Kier alpha value is -1.56. The van der Waals surface area contributed by atoms with Crippen molar-refractivity contribution < 1.29 is 14.2 Å². The van der Waals surface area contributed by atoms with Crippen LogP contribution >= 0.6 is 11.6 Å². The van der Waals surface area contributed by atoms with Crippen molar-refractivity contribution in [3.63, 3.8) is 0 Å². The minimum Gasteiger partial charge on any atom is -0.454 e. The van der Waals surface area contributed by atoms with Crippen molar-refractivity contribution in [1.29, 1.82) is 0 Å². The molecule has 23 heavy (non-hydrogen) atoms. The number of aromatic nitrogens is 1. The average molecular weight is 331 g/mol. The fraction of sp³-hybridized carbons (Fsp3) is 0.353. The molecule has 119 valence electrons. The lowest BCUT2D eigenvalue weighted by molar-refractivity contribution is -0.0893. The summed E-state index contributed by atoms with van der Waals surface area (Å²) in [5.74, 6) is 0. The van der Waals surface area contributed by atoms with Crippen LogP contribution in [0.25, 0.3) is 21.9 Å². The maximum Gasteiger partial charge on any atom is 0.331 e. The molecule has 1 radical (unpaired) electrons. The Bertz CT molecular complexity index is 867. The zero-order chi connectivity index (χ0) is 16.8. The first-order valence-electron chi connectivity index (χ1n) is 7.38. The molecular weight excluding hydrogens is 312 g/mol. The van der Waals surface area contributed by atoms with Gasteiger partial charge in [0.1, 0.15) is 5.58 Å². The first-order valence-corrected chi connectivity index (χ1v) is 7.76.